The molecule has 19 heavy (non-hydrogen) atoms. The predicted octanol–water partition coefficient (Wildman–Crippen LogP) is 3.22. The molecule has 0 amide bonds. The molecule has 0 radical (unpaired) electrons. The van der Waals surface area contributed by atoms with Gasteiger partial charge in [-0.3, -0.25) is 9.80 Å². The fourth-order valence-corrected chi connectivity index (χ4v) is 5.40. The van der Waals surface area contributed by atoms with Gasteiger partial charge in [0.05, 0.1) is 0 Å². The second kappa shape index (κ2) is 6.36. The number of piperidine rings is 1. The first kappa shape index (κ1) is 14.2. The van der Waals surface area contributed by atoms with Gasteiger partial charge < -0.3 is 0 Å². The van der Waals surface area contributed by atoms with E-state index in [9.17, 15) is 0 Å². The Bertz CT molecular complexity index is 288. The predicted molar refractivity (Wildman–Crippen MR) is 85.0 cm³/mol. The van der Waals surface area contributed by atoms with Crippen molar-refractivity contribution in [2.45, 2.75) is 62.2 Å². The molecule has 110 valence electrons. The lowest BCUT2D eigenvalue weighted by molar-refractivity contribution is 0.0422. The van der Waals surface area contributed by atoms with Crippen LogP contribution < -0.4 is 0 Å². The third-order valence-electron chi connectivity index (χ3n) is 5.63. The van der Waals surface area contributed by atoms with Gasteiger partial charge in [0.25, 0.3) is 0 Å². The molecule has 0 N–H and O–H groups in total. The van der Waals surface area contributed by atoms with E-state index in [0.717, 1.165) is 6.04 Å². The van der Waals surface area contributed by atoms with E-state index < -0.39 is 0 Å². The summed E-state index contributed by atoms with van der Waals surface area (Å²) in [5.74, 6) is 0. The smallest absolute Gasteiger partial charge is 0.0284 e. The van der Waals surface area contributed by atoms with E-state index in [1.807, 2.05) is 0 Å². The average Bonchev–Trinajstić information content (AvgIpc) is 2.48. The first-order valence-corrected chi connectivity index (χ1v) is 9.55. The molecule has 1 saturated carbocycles. The van der Waals surface area contributed by atoms with Gasteiger partial charge in [-0.15, -0.1) is 0 Å². The summed E-state index contributed by atoms with van der Waals surface area (Å²) in [5.41, 5.74) is 0. The van der Waals surface area contributed by atoms with Crippen LogP contribution in [-0.4, -0.2) is 59.6 Å². The van der Waals surface area contributed by atoms with Crippen LogP contribution in [0.2, 0.25) is 0 Å². The SMILES string of the molecule is CSC1(CN2CCN3CCCCC3C2)CCCCC1. The fourth-order valence-electron chi connectivity index (χ4n) is 4.39. The lowest BCUT2D eigenvalue weighted by atomic mass is 9.87. The van der Waals surface area contributed by atoms with E-state index in [1.165, 1.54) is 84.1 Å². The summed E-state index contributed by atoms with van der Waals surface area (Å²) in [7, 11) is 0. The first-order valence-electron chi connectivity index (χ1n) is 8.33. The average molecular weight is 282 g/mol. The number of nitrogens with zero attached hydrogens (tertiary/aromatic N) is 2. The maximum absolute atomic E-state index is 2.80. The maximum atomic E-state index is 2.80. The highest BCUT2D eigenvalue weighted by Gasteiger charge is 2.36. The van der Waals surface area contributed by atoms with Crippen LogP contribution in [0.4, 0.5) is 0 Å². The number of hydrogen-bond donors (Lipinski definition) is 0. The van der Waals surface area contributed by atoms with Crippen molar-refractivity contribution in [2.24, 2.45) is 0 Å². The van der Waals surface area contributed by atoms with Crippen LogP contribution in [-0.2, 0) is 0 Å². The summed E-state index contributed by atoms with van der Waals surface area (Å²) in [5, 5.41) is 0. The van der Waals surface area contributed by atoms with Gasteiger partial charge in [-0.25, -0.2) is 0 Å². The zero-order valence-electron chi connectivity index (χ0n) is 12.6. The summed E-state index contributed by atoms with van der Waals surface area (Å²) in [4.78, 5) is 5.56. The number of hydrogen-bond acceptors (Lipinski definition) is 3. The van der Waals surface area contributed by atoms with E-state index in [0.29, 0.717) is 4.75 Å². The summed E-state index contributed by atoms with van der Waals surface area (Å²) < 4.78 is 0.592. The van der Waals surface area contributed by atoms with Gasteiger partial charge in [-0.2, -0.15) is 11.8 Å². The Labute approximate surface area is 123 Å². The van der Waals surface area contributed by atoms with Crippen molar-refractivity contribution in [1.29, 1.82) is 0 Å². The lowest BCUT2D eigenvalue weighted by Gasteiger charge is -2.47. The standard InChI is InChI=1S/C16H30N2S/c1-19-16(8-4-2-5-9-16)14-17-11-12-18-10-6-3-7-15(18)13-17/h15H,2-14H2,1H3. The highest BCUT2D eigenvalue weighted by Crippen LogP contribution is 2.39. The van der Waals surface area contributed by atoms with Crippen molar-refractivity contribution < 1.29 is 0 Å². The molecule has 3 fully saturated rings. The Morgan fingerprint density at radius 3 is 2.63 bits per heavy atom. The maximum Gasteiger partial charge on any atom is 0.0284 e. The van der Waals surface area contributed by atoms with Crippen LogP contribution in [0, 0.1) is 0 Å². The minimum absolute atomic E-state index is 0.592. The fraction of sp³-hybridized carbons (Fsp3) is 1.00. The highest BCUT2D eigenvalue weighted by atomic mass is 32.2. The quantitative estimate of drug-likeness (QED) is 0.785. The normalized spacial score (nSPS) is 33.0. The molecule has 3 aliphatic rings. The van der Waals surface area contributed by atoms with Gasteiger partial charge in [-0.05, 0) is 38.5 Å². The van der Waals surface area contributed by atoms with Crippen molar-refractivity contribution >= 4 is 11.8 Å². The molecule has 0 spiro atoms. The molecule has 2 heterocycles. The van der Waals surface area contributed by atoms with Crippen molar-refractivity contribution in [2.75, 3.05) is 39.0 Å². The molecular formula is C16H30N2S. The summed E-state index contributed by atoms with van der Waals surface area (Å²) in [6.07, 6.45) is 14.0. The van der Waals surface area contributed by atoms with E-state index in [-0.39, 0.29) is 0 Å². The molecule has 1 aliphatic carbocycles. The second-order valence-corrected chi connectivity index (χ2v) is 8.14. The molecule has 2 aliphatic heterocycles. The zero-order chi connectivity index (χ0) is 13.1. The molecule has 1 atom stereocenters. The Morgan fingerprint density at radius 2 is 1.84 bits per heavy atom. The summed E-state index contributed by atoms with van der Waals surface area (Å²) >= 11 is 2.16. The Morgan fingerprint density at radius 1 is 1.00 bits per heavy atom. The number of piperazine rings is 1. The molecule has 2 saturated heterocycles. The lowest BCUT2D eigenvalue weighted by Crippen LogP contribution is -2.57. The second-order valence-electron chi connectivity index (χ2n) is 6.87. The molecule has 0 bridgehead atoms. The van der Waals surface area contributed by atoms with Crippen LogP contribution >= 0.6 is 11.8 Å². The van der Waals surface area contributed by atoms with Crippen molar-refractivity contribution in [3.05, 3.63) is 0 Å². The first-order chi connectivity index (χ1) is 9.31. The van der Waals surface area contributed by atoms with Gasteiger partial charge >= 0.3 is 0 Å². The number of fused-ring (bicyclic) bond motifs is 1. The van der Waals surface area contributed by atoms with Crippen LogP contribution in [0.3, 0.4) is 0 Å². The van der Waals surface area contributed by atoms with Crippen molar-refractivity contribution in [3.8, 4) is 0 Å². The van der Waals surface area contributed by atoms with E-state index in [1.54, 1.807) is 0 Å². The molecule has 3 rings (SSSR count). The molecule has 1 unspecified atom stereocenters. The van der Waals surface area contributed by atoms with E-state index in [4.69, 9.17) is 0 Å². The van der Waals surface area contributed by atoms with Gasteiger partial charge in [0.15, 0.2) is 0 Å². The van der Waals surface area contributed by atoms with Crippen LogP contribution in [0.5, 0.6) is 0 Å². The van der Waals surface area contributed by atoms with Crippen LogP contribution in [0.1, 0.15) is 51.4 Å². The van der Waals surface area contributed by atoms with Gasteiger partial charge in [-0.1, -0.05) is 25.7 Å². The van der Waals surface area contributed by atoms with Gasteiger partial charge in [0.2, 0.25) is 0 Å². The third kappa shape index (κ3) is 3.30. The van der Waals surface area contributed by atoms with Crippen LogP contribution in [0.25, 0.3) is 0 Å². The molecule has 0 aromatic carbocycles. The zero-order valence-corrected chi connectivity index (χ0v) is 13.4. The van der Waals surface area contributed by atoms with Crippen molar-refractivity contribution in [3.63, 3.8) is 0 Å². The molecular weight excluding hydrogens is 252 g/mol. The Kier molecular flexibility index (Phi) is 4.76. The number of thioether (sulfide) groups is 1. The minimum atomic E-state index is 0.592. The number of rotatable bonds is 3. The van der Waals surface area contributed by atoms with Crippen LogP contribution in [0.15, 0.2) is 0 Å². The Balaban J connectivity index is 1.57. The Hall–Kier alpha value is 0.270. The molecule has 0 aromatic heterocycles. The summed E-state index contributed by atoms with van der Waals surface area (Å²) in [6, 6.07) is 0.880. The minimum Gasteiger partial charge on any atom is -0.299 e. The van der Waals surface area contributed by atoms with Gasteiger partial charge in [0, 0.05) is 37.0 Å². The largest absolute Gasteiger partial charge is 0.299 e. The molecule has 0 aromatic rings. The molecule has 3 heteroatoms. The molecule has 2 nitrogen and oxygen atoms in total. The van der Waals surface area contributed by atoms with Crippen molar-refractivity contribution in [1.82, 2.24) is 9.80 Å². The topological polar surface area (TPSA) is 6.48 Å². The van der Waals surface area contributed by atoms with E-state index in [2.05, 4.69) is 27.8 Å². The summed E-state index contributed by atoms with van der Waals surface area (Å²) in [6.45, 7) is 6.72. The third-order valence-corrected chi connectivity index (χ3v) is 7.03. The van der Waals surface area contributed by atoms with E-state index >= 15 is 0 Å². The van der Waals surface area contributed by atoms with Gasteiger partial charge in [0.1, 0.15) is 0 Å². The highest BCUT2D eigenvalue weighted by molar-refractivity contribution is 8.00. The monoisotopic (exact) mass is 282 g/mol.